The van der Waals surface area contributed by atoms with E-state index in [1.165, 1.54) is 6.20 Å². The average molecular weight is 485 g/mol. The van der Waals surface area contributed by atoms with Crippen molar-refractivity contribution in [3.05, 3.63) is 102 Å². The summed E-state index contributed by atoms with van der Waals surface area (Å²) < 4.78 is 0. The number of phenolic OH excluding ortho intramolecular Hbond substituents is 1. The predicted molar refractivity (Wildman–Crippen MR) is 136 cm³/mol. The molecule has 2 amide bonds. The van der Waals surface area contributed by atoms with Gasteiger partial charge in [0.15, 0.2) is 0 Å². The summed E-state index contributed by atoms with van der Waals surface area (Å²) in [6, 6.07) is 22.5. The lowest BCUT2D eigenvalue weighted by Crippen LogP contribution is -2.46. The van der Waals surface area contributed by atoms with Crippen molar-refractivity contribution in [3.63, 3.8) is 0 Å². The zero-order valence-corrected chi connectivity index (χ0v) is 19.6. The number of amides is 2. The Labute approximate surface area is 208 Å². The van der Waals surface area contributed by atoms with Gasteiger partial charge in [0, 0.05) is 5.92 Å². The summed E-state index contributed by atoms with van der Waals surface area (Å²) in [4.78, 5) is 34.0. The number of hydrogen-bond donors (Lipinski definition) is 4. The van der Waals surface area contributed by atoms with E-state index in [2.05, 4.69) is 15.3 Å². The number of fused-ring (bicyclic) bond motifs is 1. The number of para-hydroxylation sites is 2. The average Bonchev–Trinajstić information content (AvgIpc) is 2.88. The van der Waals surface area contributed by atoms with Gasteiger partial charge in [0.05, 0.1) is 29.4 Å². The van der Waals surface area contributed by atoms with Crippen LogP contribution in [0.15, 0.2) is 85.1 Å². The molecule has 1 heterocycles. The second-order valence-corrected chi connectivity index (χ2v) is 8.79. The summed E-state index contributed by atoms with van der Waals surface area (Å²) in [5, 5.41) is 23.8. The highest BCUT2D eigenvalue weighted by Crippen LogP contribution is 2.20. The van der Waals surface area contributed by atoms with E-state index in [4.69, 9.17) is 5.73 Å². The number of nitrogens with zero attached hydrogens (tertiary/aromatic N) is 2. The van der Waals surface area contributed by atoms with Gasteiger partial charge in [0.1, 0.15) is 11.4 Å². The summed E-state index contributed by atoms with van der Waals surface area (Å²) in [5.74, 6) is -1.65. The monoisotopic (exact) mass is 484 g/mol. The standard InChI is InChI=1S/C28H28N4O4/c29-27(35)20(13-19-9-6-10-21(33)14-19)16-26(34)24(15-18-7-2-1-3-8-18)32-28(36)25-17-30-22-11-4-5-12-23(22)31-25/h1-12,14,17,20,24,26,33-34H,13,15-16H2,(H2,29,35)(H,32,36). The van der Waals surface area contributed by atoms with E-state index in [0.29, 0.717) is 17.5 Å². The number of carbonyl (C=O) groups is 2. The molecule has 3 atom stereocenters. The molecule has 0 aliphatic heterocycles. The van der Waals surface area contributed by atoms with Crippen LogP contribution in [0.25, 0.3) is 11.0 Å². The van der Waals surface area contributed by atoms with Crippen LogP contribution in [-0.2, 0) is 17.6 Å². The van der Waals surface area contributed by atoms with Crippen molar-refractivity contribution < 1.29 is 19.8 Å². The van der Waals surface area contributed by atoms with Crippen molar-refractivity contribution in [2.45, 2.75) is 31.4 Å². The van der Waals surface area contributed by atoms with E-state index < -0.39 is 29.9 Å². The lowest BCUT2D eigenvalue weighted by molar-refractivity contribution is -0.122. The normalized spacial score (nSPS) is 13.6. The van der Waals surface area contributed by atoms with Crippen LogP contribution < -0.4 is 11.1 Å². The Morgan fingerprint density at radius 3 is 2.31 bits per heavy atom. The smallest absolute Gasteiger partial charge is 0.271 e. The summed E-state index contributed by atoms with van der Waals surface area (Å²) in [5.41, 5.74) is 8.68. The third kappa shape index (κ3) is 6.43. The number of rotatable bonds is 10. The van der Waals surface area contributed by atoms with E-state index in [-0.39, 0.29) is 24.3 Å². The number of nitrogens with one attached hydrogen (secondary N) is 1. The van der Waals surface area contributed by atoms with Crippen LogP contribution in [0.5, 0.6) is 5.75 Å². The molecular formula is C28H28N4O4. The number of aromatic hydroxyl groups is 1. The molecule has 3 aromatic carbocycles. The van der Waals surface area contributed by atoms with E-state index in [9.17, 15) is 19.8 Å². The van der Waals surface area contributed by atoms with E-state index in [0.717, 1.165) is 11.1 Å². The fraction of sp³-hybridized carbons (Fsp3) is 0.214. The molecule has 4 rings (SSSR count). The van der Waals surface area contributed by atoms with Gasteiger partial charge in [-0.05, 0) is 54.7 Å². The van der Waals surface area contributed by atoms with Crippen molar-refractivity contribution in [2.24, 2.45) is 11.7 Å². The van der Waals surface area contributed by atoms with Crippen molar-refractivity contribution in [1.82, 2.24) is 15.3 Å². The van der Waals surface area contributed by atoms with Crippen molar-refractivity contribution in [3.8, 4) is 5.75 Å². The van der Waals surface area contributed by atoms with Gasteiger partial charge in [-0.1, -0.05) is 54.6 Å². The van der Waals surface area contributed by atoms with Crippen LogP contribution in [-0.4, -0.2) is 44.1 Å². The molecule has 1 aromatic heterocycles. The molecule has 8 nitrogen and oxygen atoms in total. The molecule has 184 valence electrons. The van der Waals surface area contributed by atoms with Gasteiger partial charge in [-0.15, -0.1) is 0 Å². The molecule has 0 saturated carbocycles. The third-order valence-electron chi connectivity index (χ3n) is 6.08. The van der Waals surface area contributed by atoms with Crippen LogP contribution >= 0.6 is 0 Å². The van der Waals surface area contributed by atoms with Gasteiger partial charge in [0.2, 0.25) is 5.91 Å². The molecule has 3 unspecified atom stereocenters. The number of aliphatic hydroxyl groups excluding tert-OH is 1. The van der Waals surface area contributed by atoms with Crippen LogP contribution in [0.3, 0.4) is 0 Å². The Morgan fingerprint density at radius 2 is 1.58 bits per heavy atom. The van der Waals surface area contributed by atoms with Crippen molar-refractivity contribution in [2.75, 3.05) is 0 Å². The topological polar surface area (TPSA) is 138 Å². The number of nitrogens with two attached hydrogens (primary N) is 1. The Morgan fingerprint density at radius 1 is 0.889 bits per heavy atom. The zero-order chi connectivity index (χ0) is 25.5. The number of hydrogen-bond acceptors (Lipinski definition) is 6. The molecule has 36 heavy (non-hydrogen) atoms. The number of aromatic nitrogens is 2. The largest absolute Gasteiger partial charge is 0.508 e. The Bertz CT molecular complexity index is 1350. The first kappa shape index (κ1) is 24.8. The molecule has 8 heteroatoms. The molecule has 4 aromatic rings. The molecule has 5 N–H and O–H groups in total. The van der Waals surface area contributed by atoms with Gasteiger partial charge < -0.3 is 21.3 Å². The summed E-state index contributed by atoms with van der Waals surface area (Å²) in [7, 11) is 0. The summed E-state index contributed by atoms with van der Waals surface area (Å²) in [6.45, 7) is 0. The maximum atomic E-state index is 13.1. The van der Waals surface area contributed by atoms with Crippen LogP contribution in [0.4, 0.5) is 0 Å². The minimum Gasteiger partial charge on any atom is -0.508 e. The highest BCUT2D eigenvalue weighted by Gasteiger charge is 2.28. The minimum absolute atomic E-state index is 0.0339. The van der Waals surface area contributed by atoms with Gasteiger partial charge in [-0.25, -0.2) is 4.98 Å². The zero-order valence-electron chi connectivity index (χ0n) is 19.6. The Hall–Kier alpha value is -4.30. The lowest BCUT2D eigenvalue weighted by Gasteiger charge is -2.27. The second-order valence-electron chi connectivity index (χ2n) is 8.79. The number of phenols is 1. The molecule has 0 bridgehead atoms. The Kier molecular flexibility index (Phi) is 7.87. The number of aliphatic hydroxyl groups is 1. The molecule has 0 saturated heterocycles. The first-order chi connectivity index (χ1) is 17.4. The maximum absolute atomic E-state index is 13.1. The summed E-state index contributed by atoms with van der Waals surface area (Å²) in [6.07, 6.45) is 0.955. The number of primary amides is 1. The first-order valence-electron chi connectivity index (χ1n) is 11.7. The van der Waals surface area contributed by atoms with Crippen molar-refractivity contribution >= 4 is 22.8 Å². The molecule has 0 aliphatic carbocycles. The maximum Gasteiger partial charge on any atom is 0.271 e. The highest BCUT2D eigenvalue weighted by atomic mass is 16.3. The quantitative estimate of drug-likeness (QED) is 0.273. The van der Waals surface area contributed by atoms with Crippen LogP contribution in [0, 0.1) is 5.92 Å². The van der Waals surface area contributed by atoms with Crippen LogP contribution in [0.2, 0.25) is 0 Å². The van der Waals surface area contributed by atoms with Crippen LogP contribution in [0.1, 0.15) is 28.0 Å². The second kappa shape index (κ2) is 11.4. The number of carbonyl (C=O) groups excluding carboxylic acids is 2. The van der Waals surface area contributed by atoms with Gasteiger partial charge in [-0.2, -0.15) is 0 Å². The minimum atomic E-state index is -1.07. The van der Waals surface area contributed by atoms with E-state index >= 15 is 0 Å². The first-order valence-corrected chi connectivity index (χ1v) is 11.7. The molecule has 0 spiro atoms. The van der Waals surface area contributed by atoms with Gasteiger partial charge in [0.25, 0.3) is 5.91 Å². The molecule has 0 fully saturated rings. The van der Waals surface area contributed by atoms with Crippen molar-refractivity contribution in [1.29, 1.82) is 0 Å². The third-order valence-corrected chi connectivity index (χ3v) is 6.08. The van der Waals surface area contributed by atoms with E-state index in [1.54, 1.807) is 30.3 Å². The Balaban J connectivity index is 1.54. The van der Waals surface area contributed by atoms with Gasteiger partial charge >= 0.3 is 0 Å². The summed E-state index contributed by atoms with van der Waals surface area (Å²) >= 11 is 0. The molecule has 0 aliphatic rings. The molecule has 0 radical (unpaired) electrons. The SMILES string of the molecule is NC(=O)C(Cc1cccc(O)c1)CC(O)C(Cc1ccccc1)NC(=O)c1cnc2ccccc2n1. The fourth-order valence-corrected chi connectivity index (χ4v) is 4.18. The highest BCUT2D eigenvalue weighted by molar-refractivity contribution is 5.94. The predicted octanol–water partition coefficient (Wildman–Crippen LogP) is 2.77. The van der Waals surface area contributed by atoms with E-state index in [1.807, 2.05) is 48.5 Å². The van der Waals surface area contributed by atoms with Gasteiger partial charge in [-0.3, -0.25) is 14.6 Å². The fourth-order valence-electron chi connectivity index (χ4n) is 4.18. The number of benzene rings is 3. The molecular weight excluding hydrogens is 456 g/mol. The lowest BCUT2D eigenvalue weighted by atomic mass is 9.88.